The summed E-state index contributed by atoms with van der Waals surface area (Å²) < 4.78 is 0. The Balaban J connectivity index is 1.56. The van der Waals surface area contributed by atoms with Crippen LogP contribution in [0.2, 0.25) is 0 Å². The maximum absolute atomic E-state index is 12.3. The van der Waals surface area contributed by atoms with E-state index in [4.69, 9.17) is 0 Å². The molecule has 5 nitrogen and oxygen atoms in total. The summed E-state index contributed by atoms with van der Waals surface area (Å²) in [4.78, 5) is 20.6. The van der Waals surface area contributed by atoms with Crippen LogP contribution in [0.1, 0.15) is 12.8 Å². The Hall–Kier alpha value is -1.62. The molecule has 19 heavy (non-hydrogen) atoms. The molecule has 0 aliphatic carbocycles. The molecule has 1 N–H and O–H groups in total. The van der Waals surface area contributed by atoms with E-state index in [1.165, 1.54) is 5.69 Å². The van der Waals surface area contributed by atoms with Gasteiger partial charge in [0.2, 0.25) is 5.91 Å². The lowest BCUT2D eigenvalue weighted by Gasteiger charge is -2.37. The number of nitrogens with zero attached hydrogens (tertiary/aromatic N) is 3. The van der Waals surface area contributed by atoms with Gasteiger partial charge < -0.3 is 15.1 Å². The number of carbonyl (C=O) groups is 1. The summed E-state index contributed by atoms with van der Waals surface area (Å²) in [6.45, 7) is 4.43. The minimum atomic E-state index is 0.0625. The van der Waals surface area contributed by atoms with Gasteiger partial charge in [-0.05, 0) is 31.5 Å². The fourth-order valence-corrected chi connectivity index (χ4v) is 2.86. The van der Waals surface area contributed by atoms with Crippen molar-refractivity contribution < 1.29 is 4.79 Å². The third-order valence-corrected chi connectivity index (χ3v) is 3.98. The summed E-state index contributed by atoms with van der Waals surface area (Å²) in [5, 5.41) is 3.28. The number of hydrogen-bond acceptors (Lipinski definition) is 4. The minimum absolute atomic E-state index is 0.0625. The van der Waals surface area contributed by atoms with Crippen LogP contribution in [0, 0.1) is 0 Å². The van der Waals surface area contributed by atoms with E-state index >= 15 is 0 Å². The summed E-state index contributed by atoms with van der Waals surface area (Å²) in [7, 11) is 0. The summed E-state index contributed by atoms with van der Waals surface area (Å²) in [6.07, 6.45) is 5.74. The Morgan fingerprint density at radius 2 is 1.95 bits per heavy atom. The molecule has 0 saturated carbocycles. The minimum Gasteiger partial charge on any atom is -0.368 e. The molecule has 3 rings (SSSR count). The molecule has 0 radical (unpaired) electrons. The van der Waals surface area contributed by atoms with E-state index in [-0.39, 0.29) is 11.9 Å². The van der Waals surface area contributed by atoms with Crippen LogP contribution in [0.15, 0.2) is 24.5 Å². The average Bonchev–Trinajstić information content (AvgIpc) is 3.02. The molecular formula is C14H20N4O. The maximum Gasteiger partial charge on any atom is 0.239 e. The Bertz CT molecular complexity index is 422. The summed E-state index contributed by atoms with van der Waals surface area (Å²) >= 11 is 0. The van der Waals surface area contributed by atoms with Crippen LogP contribution in [0.4, 0.5) is 5.69 Å². The van der Waals surface area contributed by atoms with Gasteiger partial charge in [0.1, 0.15) is 0 Å². The lowest BCUT2D eigenvalue weighted by molar-refractivity contribution is -0.133. The fourth-order valence-electron chi connectivity index (χ4n) is 2.86. The highest BCUT2D eigenvalue weighted by molar-refractivity contribution is 5.82. The molecule has 0 aromatic carbocycles. The summed E-state index contributed by atoms with van der Waals surface area (Å²) in [5.74, 6) is 0.284. The van der Waals surface area contributed by atoms with Gasteiger partial charge in [0.05, 0.1) is 6.04 Å². The second kappa shape index (κ2) is 5.57. The van der Waals surface area contributed by atoms with Crippen LogP contribution in [0.25, 0.3) is 0 Å². The number of amides is 1. The van der Waals surface area contributed by atoms with Crippen molar-refractivity contribution in [3.8, 4) is 0 Å². The monoisotopic (exact) mass is 260 g/mol. The van der Waals surface area contributed by atoms with Gasteiger partial charge in [-0.3, -0.25) is 9.78 Å². The molecule has 5 heteroatoms. The Morgan fingerprint density at radius 1 is 1.21 bits per heavy atom. The Morgan fingerprint density at radius 3 is 2.58 bits per heavy atom. The second-order valence-corrected chi connectivity index (χ2v) is 5.17. The van der Waals surface area contributed by atoms with E-state index < -0.39 is 0 Å². The number of carbonyl (C=O) groups excluding carboxylic acids is 1. The summed E-state index contributed by atoms with van der Waals surface area (Å²) in [5.41, 5.74) is 1.20. The van der Waals surface area contributed by atoms with Crippen LogP contribution in [-0.2, 0) is 4.79 Å². The van der Waals surface area contributed by atoms with E-state index in [1.807, 2.05) is 29.4 Å². The van der Waals surface area contributed by atoms with E-state index in [0.29, 0.717) is 0 Å². The number of hydrogen-bond donors (Lipinski definition) is 1. The van der Waals surface area contributed by atoms with Gasteiger partial charge in [0.15, 0.2) is 0 Å². The quantitative estimate of drug-likeness (QED) is 0.840. The lowest BCUT2D eigenvalue weighted by atomic mass is 10.2. The molecule has 2 saturated heterocycles. The molecule has 0 bridgehead atoms. The number of piperazine rings is 1. The molecule has 3 heterocycles. The average molecular weight is 260 g/mol. The van der Waals surface area contributed by atoms with Gasteiger partial charge >= 0.3 is 0 Å². The number of rotatable bonds is 2. The highest BCUT2D eigenvalue weighted by Gasteiger charge is 2.29. The zero-order chi connectivity index (χ0) is 13.1. The number of nitrogens with one attached hydrogen (secondary N) is 1. The van der Waals surface area contributed by atoms with Crippen LogP contribution in [0.3, 0.4) is 0 Å². The molecule has 1 amide bonds. The van der Waals surface area contributed by atoms with E-state index in [1.54, 1.807) is 0 Å². The van der Waals surface area contributed by atoms with Crippen molar-refractivity contribution in [1.29, 1.82) is 0 Å². The van der Waals surface area contributed by atoms with Gasteiger partial charge in [-0.25, -0.2) is 0 Å². The van der Waals surface area contributed by atoms with Crippen molar-refractivity contribution in [2.45, 2.75) is 18.9 Å². The number of aromatic nitrogens is 1. The van der Waals surface area contributed by atoms with E-state index in [2.05, 4.69) is 15.2 Å². The van der Waals surface area contributed by atoms with Crippen LogP contribution in [-0.4, -0.2) is 54.6 Å². The Kier molecular flexibility index (Phi) is 3.64. The van der Waals surface area contributed by atoms with E-state index in [9.17, 15) is 4.79 Å². The van der Waals surface area contributed by atoms with Gasteiger partial charge in [0.25, 0.3) is 0 Å². The standard InChI is InChI=1S/C14H20N4O/c19-14(13-2-1-5-16-13)18-10-8-17(9-11-18)12-3-6-15-7-4-12/h3-4,6-7,13,16H,1-2,5,8-11H2. The van der Waals surface area contributed by atoms with Crippen molar-refractivity contribution in [3.05, 3.63) is 24.5 Å². The highest BCUT2D eigenvalue weighted by atomic mass is 16.2. The predicted molar refractivity (Wildman–Crippen MR) is 74.1 cm³/mol. The van der Waals surface area contributed by atoms with Crippen molar-refractivity contribution >= 4 is 11.6 Å². The molecule has 102 valence electrons. The maximum atomic E-state index is 12.3. The molecule has 1 aromatic rings. The topological polar surface area (TPSA) is 48.5 Å². The van der Waals surface area contributed by atoms with Gasteiger partial charge in [0, 0.05) is 44.3 Å². The molecule has 2 aliphatic heterocycles. The first kappa shape index (κ1) is 12.4. The highest BCUT2D eigenvalue weighted by Crippen LogP contribution is 2.16. The third-order valence-electron chi connectivity index (χ3n) is 3.98. The van der Waals surface area contributed by atoms with Crippen molar-refractivity contribution in [2.24, 2.45) is 0 Å². The first-order valence-corrected chi connectivity index (χ1v) is 7.02. The molecule has 1 atom stereocenters. The van der Waals surface area contributed by atoms with Gasteiger partial charge in [-0.2, -0.15) is 0 Å². The first-order valence-electron chi connectivity index (χ1n) is 7.02. The smallest absolute Gasteiger partial charge is 0.239 e. The van der Waals surface area contributed by atoms with Gasteiger partial charge in [-0.15, -0.1) is 0 Å². The van der Waals surface area contributed by atoms with Crippen LogP contribution < -0.4 is 10.2 Å². The molecule has 0 spiro atoms. The summed E-state index contributed by atoms with van der Waals surface area (Å²) in [6, 6.07) is 4.11. The molecule has 1 aromatic heterocycles. The lowest BCUT2D eigenvalue weighted by Crippen LogP contribution is -2.53. The van der Waals surface area contributed by atoms with Crippen LogP contribution in [0.5, 0.6) is 0 Å². The Labute approximate surface area is 113 Å². The van der Waals surface area contributed by atoms with Crippen molar-refractivity contribution in [3.63, 3.8) is 0 Å². The second-order valence-electron chi connectivity index (χ2n) is 5.17. The zero-order valence-corrected chi connectivity index (χ0v) is 11.1. The fraction of sp³-hybridized carbons (Fsp3) is 0.571. The third kappa shape index (κ3) is 2.71. The molecular weight excluding hydrogens is 240 g/mol. The molecule has 2 aliphatic rings. The normalized spacial score (nSPS) is 23.7. The van der Waals surface area contributed by atoms with Crippen molar-refractivity contribution in [2.75, 3.05) is 37.6 Å². The van der Waals surface area contributed by atoms with E-state index in [0.717, 1.165) is 45.6 Å². The van der Waals surface area contributed by atoms with Crippen molar-refractivity contribution in [1.82, 2.24) is 15.2 Å². The first-order chi connectivity index (χ1) is 9.34. The molecule has 1 unspecified atom stereocenters. The SMILES string of the molecule is O=C(C1CCCN1)N1CCN(c2ccncc2)CC1. The van der Waals surface area contributed by atoms with Crippen LogP contribution >= 0.6 is 0 Å². The molecule has 2 fully saturated rings. The number of pyridine rings is 1. The largest absolute Gasteiger partial charge is 0.368 e. The zero-order valence-electron chi connectivity index (χ0n) is 11.1. The predicted octanol–water partition coefficient (Wildman–Crippen LogP) is 0.482. The number of anilines is 1. The van der Waals surface area contributed by atoms with Gasteiger partial charge in [-0.1, -0.05) is 0 Å².